The van der Waals surface area contributed by atoms with Gasteiger partial charge in [0.05, 0.1) is 5.69 Å². The van der Waals surface area contributed by atoms with Crippen molar-refractivity contribution in [2.45, 2.75) is 0 Å². The minimum absolute atomic E-state index is 0.510. The second kappa shape index (κ2) is 3.90. The Morgan fingerprint density at radius 3 is 2.79 bits per heavy atom. The van der Waals surface area contributed by atoms with Crippen LogP contribution in [-0.2, 0) is 0 Å². The number of aromatic nitrogens is 2. The normalized spacial score (nSPS) is 10.4. The van der Waals surface area contributed by atoms with Crippen LogP contribution in [0, 0.1) is 3.57 Å². The number of H-pyrrole nitrogens is 1. The van der Waals surface area contributed by atoms with Crippen LogP contribution in [-0.4, -0.2) is 10.2 Å². The third-order valence-electron chi connectivity index (χ3n) is 1.82. The van der Waals surface area contributed by atoms with E-state index in [-0.39, 0.29) is 0 Å². The molecule has 0 aliphatic carbocycles. The Balaban J connectivity index is 2.55. The second-order valence-electron chi connectivity index (χ2n) is 2.83. The lowest BCUT2D eigenvalue weighted by atomic mass is 10.1. The van der Waals surface area contributed by atoms with Crippen molar-refractivity contribution in [3.63, 3.8) is 0 Å². The third-order valence-corrected chi connectivity index (χ3v) is 3.25. The molecule has 14 heavy (non-hydrogen) atoms. The summed E-state index contributed by atoms with van der Waals surface area (Å²) in [6.45, 7) is 0. The van der Waals surface area contributed by atoms with Gasteiger partial charge in [0, 0.05) is 19.7 Å². The molecule has 0 unspecified atom stereocenters. The van der Waals surface area contributed by atoms with Gasteiger partial charge in [0.15, 0.2) is 0 Å². The lowest BCUT2D eigenvalue weighted by Crippen LogP contribution is -1.83. The van der Waals surface area contributed by atoms with E-state index in [9.17, 15) is 0 Å². The van der Waals surface area contributed by atoms with E-state index in [0.29, 0.717) is 5.82 Å². The summed E-state index contributed by atoms with van der Waals surface area (Å²) < 4.78 is 2.20. The van der Waals surface area contributed by atoms with E-state index < -0.39 is 0 Å². The smallest absolute Gasteiger partial charge is 0.145 e. The molecule has 0 bridgehead atoms. The minimum atomic E-state index is 0.510. The number of hydrogen-bond donors (Lipinski definition) is 2. The van der Waals surface area contributed by atoms with Crippen molar-refractivity contribution in [3.8, 4) is 11.3 Å². The average Bonchev–Trinajstić information content (AvgIpc) is 2.56. The van der Waals surface area contributed by atoms with Crippen LogP contribution in [0.25, 0.3) is 11.3 Å². The summed E-state index contributed by atoms with van der Waals surface area (Å²) in [6, 6.07) is 7.90. The number of nitrogens with zero attached hydrogens (tertiary/aromatic N) is 1. The van der Waals surface area contributed by atoms with Crippen LogP contribution in [0.1, 0.15) is 0 Å². The lowest BCUT2D eigenvalue weighted by Gasteiger charge is -2.01. The number of benzene rings is 1. The Morgan fingerprint density at radius 2 is 2.14 bits per heavy atom. The number of halogens is 2. The number of nitrogens with one attached hydrogen (secondary N) is 1. The number of nitrogens with two attached hydrogens (primary N) is 1. The first-order valence-corrected chi connectivity index (χ1v) is 5.80. The fraction of sp³-hybridized carbons (Fsp3) is 0. The van der Waals surface area contributed by atoms with Crippen LogP contribution in [0.2, 0.25) is 0 Å². The first kappa shape index (κ1) is 9.97. The first-order valence-electron chi connectivity index (χ1n) is 3.93. The van der Waals surface area contributed by atoms with Gasteiger partial charge in [-0.2, -0.15) is 5.10 Å². The molecule has 0 saturated heterocycles. The number of anilines is 1. The molecule has 1 aromatic heterocycles. The average molecular weight is 364 g/mol. The molecular formula is C9H7BrIN3. The van der Waals surface area contributed by atoms with Crippen LogP contribution < -0.4 is 5.73 Å². The third kappa shape index (κ3) is 1.93. The number of hydrogen-bond acceptors (Lipinski definition) is 2. The molecule has 3 nitrogen and oxygen atoms in total. The molecular weight excluding hydrogens is 357 g/mol. The van der Waals surface area contributed by atoms with Crippen molar-refractivity contribution in [2.24, 2.45) is 0 Å². The van der Waals surface area contributed by atoms with Gasteiger partial charge in [-0.15, -0.1) is 0 Å². The Morgan fingerprint density at radius 1 is 1.36 bits per heavy atom. The monoisotopic (exact) mass is 363 g/mol. The summed E-state index contributed by atoms with van der Waals surface area (Å²) in [5.41, 5.74) is 7.59. The molecule has 0 atom stereocenters. The fourth-order valence-corrected chi connectivity index (χ4v) is 2.17. The van der Waals surface area contributed by atoms with Crippen LogP contribution in [0.15, 0.2) is 28.7 Å². The highest BCUT2D eigenvalue weighted by atomic mass is 127. The van der Waals surface area contributed by atoms with Gasteiger partial charge in [-0.25, -0.2) is 0 Å². The number of nitrogen functional groups attached to an aromatic ring is 1. The Labute approximate surface area is 103 Å². The maximum Gasteiger partial charge on any atom is 0.145 e. The van der Waals surface area contributed by atoms with Crippen LogP contribution in [0.5, 0.6) is 0 Å². The fourth-order valence-electron chi connectivity index (χ4n) is 1.18. The van der Waals surface area contributed by atoms with E-state index in [0.717, 1.165) is 19.3 Å². The van der Waals surface area contributed by atoms with Gasteiger partial charge < -0.3 is 5.73 Å². The Hall–Kier alpha value is -0.560. The van der Waals surface area contributed by atoms with Gasteiger partial charge >= 0.3 is 0 Å². The van der Waals surface area contributed by atoms with Crippen molar-refractivity contribution in [3.05, 3.63) is 32.3 Å². The molecule has 2 rings (SSSR count). The summed E-state index contributed by atoms with van der Waals surface area (Å²) in [7, 11) is 0. The van der Waals surface area contributed by atoms with E-state index in [2.05, 4.69) is 48.7 Å². The van der Waals surface area contributed by atoms with Crippen molar-refractivity contribution in [2.75, 3.05) is 5.73 Å². The van der Waals surface area contributed by atoms with E-state index in [4.69, 9.17) is 5.73 Å². The van der Waals surface area contributed by atoms with Crippen molar-refractivity contribution >= 4 is 44.3 Å². The standard InChI is InChI=1S/C9H7BrIN3/c10-5-1-2-7(11)6(3-5)8-4-9(12)14-13-8/h1-4H,(H3,12,13,14). The first-order chi connectivity index (χ1) is 6.66. The molecule has 0 amide bonds. The molecule has 3 N–H and O–H groups in total. The molecule has 0 fully saturated rings. The summed E-state index contributed by atoms with van der Waals surface area (Å²) in [6.07, 6.45) is 0. The molecule has 5 heteroatoms. The largest absolute Gasteiger partial charge is 0.382 e. The summed E-state index contributed by atoms with van der Waals surface area (Å²) in [5, 5.41) is 6.79. The highest BCUT2D eigenvalue weighted by Crippen LogP contribution is 2.27. The zero-order chi connectivity index (χ0) is 10.1. The lowest BCUT2D eigenvalue weighted by molar-refractivity contribution is 1.10. The van der Waals surface area contributed by atoms with Crippen LogP contribution in [0.3, 0.4) is 0 Å². The molecule has 1 heterocycles. The van der Waals surface area contributed by atoms with Gasteiger partial charge in [-0.05, 0) is 40.8 Å². The molecule has 0 aliphatic rings. The maximum absolute atomic E-state index is 5.55. The van der Waals surface area contributed by atoms with E-state index in [1.54, 1.807) is 0 Å². The second-order valence-corrected chi connectivity index (χ2v) is 4.91. The SMILES string of the molecule is Nc1cc(-c2cc(Br)ccc2I)[nH]n1. The maximum atomic E-state index is 5.55. The van der Waals surface area contributed by atoms with E-state index in [1.807, 2.05) is 24.3 Å². The van der Waals surface area contributed by atoms with Gasteiger partial charge in [-0.1, -0.05) is 15.9 Å². The molecule has 0 radical (unpaired) electrons. The predicted octanol–water partition coefficient (Wildman–Crippen LogP) is 3.03. The summed E-state index contributed by atoms with van der Waals surface area (Å²) >= 11 is 5.71. The van der Waals surface area contributed by atoms with Crippen LogP contribution in [0.4, 0.5) is 5.82 Å². The van der Waals surface area contributed by atoms with Crippen molar-refractivity contribution in [1.29, 1.82) is 0 Å². The summed E-state index contributed by atoms with van der Waals surface area (Å²) in [4.78, 5) is 0. The number of aromatic amines is 1. The van der Waals surface area contributed by atoms with Gasteiger partial charge in [0.1, 0.15) is 5.82 Å². The van der Waals surface area contributed by atoms with Crippen molar-refractivity contribution in [1.82, 2.24) is 10.2 Å². The molecule has 0 spiro atoms. The van der Waals surface area contributed by atoms with Crippen molar-refractivity contribution < 1.29 is 0 Å². The Bertz CT molecular complexity index is 467. The summed E-state index contributed by atoms with van der Waals surface area (Å²) in [5.74, 6) is 0.510. The highest BCUT2D eigenvalue weighted by molar-refractivity contribution is 14.1. The van der Waals surface area contributed by atoms with Gasteiger partial charge in [0.25, 0.3) is 0 Å². The molecule has 2 aromatic rings. The van der Waals surface area contributed by atoms with Gasteiger partial charge in [-0.3, -0.25) is 5.10 Å². The van der Waals surface area contributed by atoms with E-state index in [1.165, 1.54) is 0 Å². The number of rotatable bonds is 1. The minimum Gasteiger partial charge on any atom is -0.382 e. The predicted molar refractivity (Wildman–Crippen MR) is 68.9 cm³/mol. The van der Waals surface area contributed by atoms with E-state index >= 15 is 0 Å². The molecule has 72 valence electrons. The molecule has 0 saturated carbocycles. The Kier molecular flexibility index (Phi) is 2.78. The zero-order valence-electron chi connectivity index (χ0n) is 7.09. The van der Waals surface area contributed by atoms with Crippen LogP contribution >= 0.6 is 38.5 Å². The molecule has 0 aliphatic heterocycles. The highest BCUT2D eigenvalue weighted by Gasteiger charge is 2.06. The molecule has 1 aromatic carbocycles. The van der Waals surface area contributed by atoms with Gasteiger partial charge in [0.2, 0.25) is 0 Å². The zero-order valence-corrected chi connectivity index (χ0v) is 10.8. The quantitative estimate of drug-likeness (QED) is 0.765. The topological polar surface area (TPSA) is 54.7 Å².